The zero-order chi connectivity index (χ0) is 17.7. The highest BCUT2D eigenvalue weighted by Crippen LogP contribution is 2.30. The third-order valence-corrected chi connectivity index (χ3v) is 4.30. The van der Waals surface area contributed by atoms with Crippen molar-refractivity contribution in [2.75, 3.05) is 0 Å². The van der Waals surface area contributed by atoms with Crippen LogP contribution >= 0.6 is 0 Å². The first-order valence-corrected chi connectivity index (χ1v) is 8.50. The van der Waals surface area contributed by atoms with Crippen LogP contribution in [0.5, 0.6) is 0 Å². The highest BCUT2D eigenvalue weighted by Gasteiger charge is 2.28. The van der Waals surface area contributed by atoms with Gasteiger partial charge in [0, 0.05) is 6.32 Å². The van der Waals surface area contributed by atoms with Crippen LogP contribution < -0.4 is 0 Å². The second-order valence-electron chi connectivity index (χ2n) is 6.65. The average molecular weight is 330 g/mol. The molecule has 1 aromatic heterocycles. The van der Waals surface area contributed by atoms with Crippen molar-refractivity contribution >= 4 is 13.2 Å². The minimum Gasteiger partial charge on any atom is -0.459 e. The summed E-state index contributed by atoms with van der Waals surface area (Å²) < 4.78 is 11.2. The van der Waals surface area contributed by atoms with E-state index in [1.807, 2.05) is 19.1 Å². The molecule has 2 rings (SSSR count). The van der Waals surface area contributed by atoms with Crippen LogP contribution in [0, 0.1) is 5.92 Å². The Hall–Kier alpha value is -1.56. The lowest BCUT2D eigenvalue weighted by molar-refractivity contribution is 0.182. The van der Waals surface area contributed by atoms with Gasteiger partial charge in [0.1, 0.15) is 18.1 Å². The molecule has 0 bridgehead atoms. The minimum atomic E-state index is -0.736. The van der Waals surface area contributed by atoms with Gasteiger partial charge in [0.25, 0.3) is 0 Å². The summed E-state index contributed by atoms with van der Waals surface area (Å²) in [4.78, 5) is 0. The molecule has 0 amide bonds. The fourth-order valence-electron chi connectivity index (χ4n) is 2.80. The summed E-state index contributed by atoms with van der Waals surface area (Å²) >= 11 is 0. The predicted octanol–water partition coefficient (Wildman–Crippen LogP) is 3.97. The predicted molar refractivity (Wildman–Crippen MR) is 97.2 cm³/mol. The molecule has 0 fully saturated rings. The monoisotopic (exact) mass is 330 g/mol. The highest BCUT2D eigenvalue weighted by molar-refractivity contribution is 6.43. The number of aliphatic hydroxyl groups excluding tert-OH is 1. The van der Waals surface area contributed by atoms with Gasteiger partial charge in [-0.2, -0.15) is 0 Å². The first-order valence-electron chi connectivity index (χ1n) is 8.50. The molecule has 2 heterocycles. The number of rotatable bonds is 7. The molecule has 0 aliphatic carbocycles. The zero-order valence-electron chi connectivity index (χ0n) is 14.8. The van der Waals surface area contributed by atoms with E-state index in [9.17, 15) is 5.02 Å². The van der Waals surface area contributed by atoms with E-state index in [-0.39, 0.29) is 12.7 Å². The zero-order valence-corrected chi connectivity index (χ0v) is 14.8. The van der Waals surface area contributed by atoms with E-state index < -0.39 is 7.12 Å². The molecule has 2 N–H and O–H groups in total. The maximum Gasteiger partial charge on any atom is 0.458 e. The van der Waals surface area contributed by atoms with Gasteiger partial charge in [-0.1, -0.05) is 32.1 Å². The third-order valence-electron chi connectivity index (χ3n) is 4.30. The molecule has 5 heteroatoms. The van der Waals surface area contributed by atoms with Crippen molar-refractivity contribution in [2.45, 2.75) is 52.6 Å². The molecule has 1 aliphatic heterocycles. The van der Waals surface area contributed by atoms with Gasteiger partial charge in [-0.3, -0.25) is 0 Å². The van der Waals surface area contributed by atoms with Crippen molar-refractivity contribution in [2.24, 2.45) is 5.92 Å². The molecule has 0 spiro atoms. The molecule has 0 saturated carbocycles. The van der Waals surface area contributed by atoms with E-state index in [2.05, 4.69) is 26.5 Å². The van der Waals surface area contributed by atoms with Gasteiger partial charge >= 0.3 is 7.12 Å². The summed E-state index contributed by atoms with van der Waals surface area (Å²) in [7, 11) is -0.736. The van der Waals surface area contributed by atoms with Crippen molar-refractivity contribution in [3.63, 3.8) is 0 Å². The Labute approximate surface area is 144 Å². The van der Waals surface area contributed by atoms with Crippen LogP contribution in [0.25, 0.3) is 6.08 Å². The van der Waals surface area contributed by atoms with Crippen LogP contribution in [-0.4, -0.2) is 23.4 Å². The largest absolute Gasteiger partial charge is 0.459 e. The lowest BCUT2D eigenvalue weighted by Gasteiger charge is -2.29. The molecule has 1 aliphatic rings. The topological polar surface area (TPSA) is 62.8 Å². The van der Waals surface area contributed by atoms with Crippen LogP contribution in [0.4, 0.5) is 0 Å². The Morgan fingerprint density at radius 2 is 2.21 bits per heavy atom. The van der Waals surface area contributed by atoms with Gasteiger partial charge in [-0.25, -0.2) is 0 Å². The minimum absolute atomic E-state index is 0.0911. The third kappa shape index (κ3) is 4.97. The highest BCUT2D eigenvalue weighted by atomic mass is 16.5. The quantitative estimate of drug-likeness (QED) is 0.743. The first kappa shape index (κ1) is 18.8. The van der Waals surface area contributed by atoms with Crippen LogP contribution in [0.3, 0.4) is 0 Å². The number of hydrogen-bond acceptors (Lipinski definition) is 4. The normalized spacial score (nSPS) is 18.9. The van der Waals surface area contributed by atoms with Crippen molar-refractivity contribution < 1.29 is 19.2 Å². The Balaban J connectivity index is 2.01. The lowest BCUT2D eigenvalue weighted by Crippen LogP contribution is -2.32. The SMILES string of the molecule is C=C(C1=CCB(O)OC1CC/C(C)=C/c1ccc(CO)o1)C(C)C. The van der Waals surface area contributed by atoms with E-state index in [1.54, 1.807) is 6.07 Å². The number of hydrogen-bond donors (Lipinski definition) is 2. The molecular formula is C19H27BO4. The lowest BCUT2D eigenvalue weighted by atomic mass is 9.76. The summed E-state index contributed by atoms with van der Waals surface area (Å²) in [6.07, 6.45) is 6.03. The average Bonchev–Trinajstić information content (AvgIpc) is 3.00. The summed E-state index contributed by atoms with van der Waals surface area (Å²) in [5.74, 6) is 1.66. The smallest absolute Gasteiger partial charge is 0.458 e. The van der Waals surface area contributed by atoms with Crippen LogP contribution in [0.1, 0.15) is 45.1 Å². The van der Waals surface area contributed by atoms with E-state index in [4.69, 9.17) is 14.2 Å². The van der Waals surface area contributed by atoms with Crippen molar-refractivity contribution in [1.29, 1.82) is 0 Å². The summed E-state index contributed by atoms with van der Waals surface area (Å²) in [5, 5.41) is 18.8. The summed E-state index contributed by atoms with van der Waals surface area (Å²) in [6.45, 7) is 10.4. The van der Waals surface area contributed by atoms with E-state index in [0.29, 0.717) is 18.0 Å². The second-order valence-corrected chi connectivity index (χ2v) is 6.65. The van der Waals surface area contributed by atoms with Crippen LogP contribution in [0.15, 0.2) is 45.9 Å². The molecule has 4 nitrogen and oxygen atoms in total. The molecule has 1 aromatic rings. The fourth-order valence-corrected chi connectivity index (χ4v) is 2.80. The second kappa shape index (κ2) is 8.52. The van der Waals surface area contributed by atoms with E-state index >= 15 is 0 Å². The molecule has 1 atom stereocenters. The van der Waals surface area contributed by atoms with Crippen molar-refractivity contribution in [1.82, 2.24) is 0 Å². The van der Waals surface area contributed by atoms with Gasteiger partial charge in [-0.15, -0.1) is 0 Å². The fraction of sp³-hybridized carbons (Fsp3) is 0.474. The van der Waals surface area contributed by atoms with Gasteiger partial charge < -0.3 is 19.2 Å². The van der Waals surface area contributed by atoms with Gasteiger partial charge in [0.05, 0.1) is 6.10 Å². The van der Waals surface area contributed by atoms with Crippen molar-refractivity contribution in [3.05, 3.63) is 53.0 Å². The Bertz CT molecular complexity index is 627. The Kier molecular flexibility index (Phi) is 6.66. The van der Waals surface area contributed by atoms with E-state index in [0.717, 1.165) is 35.3 Å². The molecule has 0 saturated heterocycles. The molecular weight excluding hydrogens is 303 g/mol. The number of aliphatic hydroxyl groups is 1. The molecule has 1 unspecified atom stereocenters. The van der Waals surface area contributed by atoms with Crippen LogP contribution in [0.2, 0.25) is 6.32 Å². The standard InChI is InChI=1S/C19H27BO4/c1-13(2)15(4)18-9-10-20(22)24-19(18)8-5-14(3)11-16-6-7-17(12-21)23-16/h6-7,9,11,13,19,21-22H,4-5,8,10,12H2,1-3H3/b14-11+. The number of allylic oxidation sites excluding steroid dienone is 2. The molecule has 0 aromatic carbocycles. The molecule has 0 radical (unpaired) electrons. The maximum atomic E-state index is 9.80. The van der Waals surface area contributed by atoms with Gasteiger partial charge in [0.2, 0.25) is 0 Å². The number of furan rings is 1. The summed E-state index contributed by atoms with van der Waals surface area (Å²) in [5.41, 5.74) is 3.35. The van der Waals surface area contributed by atoms with Gasteiger partial charge in [-0.05, 0) is 55.0 Å². The molecule has 24 heavy (non-hydrogen) atoms. The Morgan fingerprint density at radius 1 is 1.46 bits per heavy atom. The molecule has 130 valence electrons. The first-order chi connectivity index (χ1) is 11.4. The van der Waals surface area contributed by atoms with Crippen LogP contribution in [-0.2, 0) is 11.3 Å². The van der Waals surface area contributed by atoms with Gasteiger partial charge in [0.15, 0.2) is 0 Å². The maximum absolute atomic E-state index is 9.80. The summed E-state index contributed by atoms with van der Waals surface area (Å²) in [6, 6.07) is 3.62. The Morgan fingerprint density at radius 3 is 2.83 bits per heavy atom. The van der Waals surface area contributed by atoms with E-state index in [1.165, 1.54) is 0 Å². The van der Waals surface area contributed by atoms with Crippen molar-refractivity contribution in [3.8, 4) is 0 Å².